The molecule has 98 valence electrons. The van der Waals surface area contributed by atoms with E-state index in [0.717, 1.165) is 0 Å². The molecule has 0 aromatic heterocycles. The van der Waals surface area contributed by atoms with E-state index in [1.165, 1.54) is 51.4 Å². The zero-order valence-electron chi connectivity index (χ0n) is 11.4. The van der Waals surface area contributed by atoms with Crippen molar-refractivity contribution >= 4 is 0 Å². The molecule has 0 unspecified atom stereocenters. The Balaban J connectivity index is 0.000000135. The van der Waals surface area contributed by atoms with Gasteiger partial charge in [0.25, 0.3) is 0 Å². The maximum Gasteiger partial charge on any atom is -0.0351 e. The van der Waals surface area contributed by atoms with Gasteiger partial charge in [0.15, 0.2) is 0 Å². The molecule has 0 radical (unpaired) electrons. The summed E-state index contributed by atoms with van der Waals surface area (Å²) < 4.78 is 0. The van der Waals surface area contributed by atoms with Gasteiger partial charge in [0.1, 0.15) is 0 Å². The fourth-order valence-electron chi connectivity index (χ4n) is 1.91. The van der Waals surface area contributed by atoms with Crippen LogP contribution in [-0.2, 0) is 0 Å². The summed E-state index contributed by atoms with van der Waals surface area (Å²) in [5, 5.41) is 0. The molecule has 0 atom stereocenters. The second-order valence-electron chi connectivity index (χ2n) is 4.67. The highest BCUT2D eigenvalue weighted by molar-refractivity contribution is 4.99. The van der Waals surface area contributed by atoms with Crippen molar-refractivity contribution in [3.05, 3.63) is 60.7 Å². The van der Waals surface area contributed by atoms with Crippen LogP contribution in [0.25, 0.3) is 0 Å². The molecule has 0 heteroatoms. The van der Waals surface area contributed by atoms with Crippen LogP contribution in [-0.4, -0.2) is 0 Å². The van der Waals surface area contributed by atoms with Crippen molar-refractivity contribution in [2.24, 2.45) is 0 Å². The Morgan fingerprint density at radius 2 is 0.556 bits per heavy atom. The molecule has 0 nitrogen and oxygen atoms in total. The minimum Gasteiger partial charge on any atom is -0.0885 e. The lowest BCUT2D eigenvalue weighted by Crippen LogP contribution is -1.77. The average Bonchev–Trinajstić information content (AvgIpc) is 2.54. The Bertz CT molecular complexity index is 247. The van der Waals surface area contributed by atoms with Crippen LogP contribution in [0.2, 0.25) is 0 Å². The van der Waals surface area contributed by atoms with Gasteiger partial charge in [0, 0.05) is 0 Å². The fourth-order valence-corrected chi connectivity index (χ4v) is 1.91. The molecule has 1 aromatic carbocycles. The van der Waals surface area contributed by atoms with Crippen LogP contribution in [0, 0.1) is 0 Å². The van der Waals surface area contributed by atoms with Crippen LogP contribution in [0.5, 0.6) is 0 Å². The lowest BCUT2D eigenvalue weighted by atomic mass is 10.1. The lowest BCUT2D eigenvalue weighted by Gasteiger charge is -1.97. The summed E-state index contributed by atoms with van der Waals surface area (Å²) in [6.07, 6.45) is 20.0. The van der Waals surface area contributed by atoms with Gasteiger partial charge in [-0.3, -0.25) is 0 Å². The highest BCUT2D eigenvalue weighted by atomic mass is 13.9. The monoisotopic (exact) mass is 242 g/mol. The molecule has 0 N–H and O–H groups in total. The van der Waals surface area contributed by atoms with Gasteiger partial charge in [-0.1, -0.05) is 60.7 Å². The van der Waals surface area contributed by atoms with Gasteiger partial charge in [-0.15, -0.1) is 0 Å². The molecule has 0 spiro atoms. The molecular formula is C18H26. The van der Waals surface area contributed by atoms with Crippen LogP contribution < -0.4 is 0 Å². The molecule has 0 heterocycles. The van der Waals surface area contributed by atoms with E-state index in [2.05, 4.69) is 24.3 Å². The quantitative estimate of drug-likeness (QED) is 0.495. The van der Waals surface area contributed by atoms with Crippen LogP contribution >= 0.6 is 0 Å². The van der Waals surface area contributed by atoms with E-state index in [4.69, 9.17) is 0 Å². The minimum absolute atomic E-state index is 1.32. The molecule has 1 aromatic rings. The number of rotatable bonds is 0. The Kier molecular flexibility index (Phi) is 9.97. The van der Waals surface area contributed by atoms with Crippen molar-refractivity contribution in [3.8, 4) is 0 Å². The van der Waals surface area contributed by atoms with Gasteiger partial charge in [-0.05, 0) is 51.4 Å². The fraction of sp³-hybridized carbons (Fsp3) is 0.444. The van der Waals surface area contributed by atoms with Crippen molar-refractivity contribution in [2.45, 2.75) is 51.4 Å². The summed E-state index contributed by atoms with van der Waals surface area (Å²) in [4.78, 5) is 0. The third-order valence-corrected chi connectivity index (χ3v) is 2.98. The second kappa shape index (κ2) is 12.2. The number of allylic oxidation sites excluding steroid dienone is 4. The van der Waals surface area contributed by atoms with Gasteiger partial charge in [0.2, 0.25) is 0 Å². The topological polar surface area (TPSA) is 0 Å². The van der Waals surface area contributed by atoms with E-state index in [-0.39, 0.29) is 0 Å². The second-order valence-corrected chi connectivity index (χ2v) is 4.67. The summed E-state index contributed by atoms with van der Waals surface area (Å²) in [6, 6.07) is 12.0. The third kappa shape index (κ3) is 9.89. The lowest BCUT2D eigenvalue weighted by molar-refractivity contribution is 0.730. The van der Waals surface area contributed by atoms with E-state index in [9.17, 15) is 0 Å². The van der Waals surface area contributed by atoms with Gasteiger partial charge >= 0.3 is 0 Å². The Morgan fingerprint density at radius 3 is 0.667 bits per heavy atom. The van der Waals surface area contributed by atoms with Gasteiger partial charge in [-0.2, -0.15) is 0 Å². The summed E-state index contributed by atoms with van der Waals surface area (Å²) in [7, 11) is 0. The molecule has 0 bridgehead atoms. The van der Waals surface area contributed by atoms with Crippen molar-refractivity contribution < 1.29 is 0 Å². The Morgan fingerprint density at radius 1 is 0.333 bits per heavy atom. The molecular weight excluding hydrogens is 216 g/mol. The van der Waals surface area contributed by atoms with Gasteiger partial charge < -0.3 is 0 Å². The van der Waals surface area contributed by atoms with Crippen LogP contribution in [0.15, 0.2) is 60.7 Å². The molecule has 3 rings (SSSR count). The first-order chi connectivity index (χ1) is 9.00. The number of hydrogen-bond donors (Lipinski definition) is 0. The zero-order chi connectivity index (χ0) is 12.7. The summed E-state index contributed by atoms with van der Waals surface area (Å²) >= 11 is 0. The molecule has 0 saturated carbocycles. The minimum atomic E-state index is 1.32. The van der Waals surface area contributed by atoms with Crippen molar-refractivity contribution in [1.82, 2.24) is 0 Å². The predicted molar refractivity (Wildman–Crippen MR) is 81.7 cm³/mol. The normalized spacial score (nSPS) is 16.9. The SMILES string of the molecule is C1=CCCCC1.C1=CCCCC1.c1ccccc1. The molecule has 18 heavy (non-hydrogen) atoms. The van der Waals surface area contributed by atoms with Crippen molar-refractivity contribution in [1.29, 1.82) is 0 Å². The first-order valence-electron chi connectivity index (χ1n) is 7.30. The number of benzene rings is 1. The Labute approximate surface area is 112 Å². The maximum absolute atomic E-state index is 2.27. The average molecular weight is 242 g/mol. The largest absolute Gasteiger partial charge is 0.0885 e. The van der Waals surface area contributed by atoms with Crippen LogP contribution in [0.3, 0.4) is 0 Å². The molecule has 2 aliphatic rings. The van der Waals surface area contributed by atoms with Crippen LogP contribution in [0.1, 0.15) is 51.4 Å². The van der Waals surface area contributed by atoms with E-state index < -0.39 is 0 Å². The van der Waals surface area contributed by atoms with E-state index >= 15 is 0 Å². The highest BCUT2D eigenvalue weighted by Gasteiger charge is 1.87. The maximum atomic E-state index is 2.27. The van der Waals surface area contributed by atoms with E-state index in [1.807, 2.05) is 36.4 Å². The molecule has 2 aliphatic carbocycles. The smallest absolute Gasteiger partial charge is 0.0351 e. The van der Waals surface area contributed by atoms with Crippen LogP contribution in [0.4, 0.5) is 0 Å². The molecule has 0 saturated heterocycles. The van der Waals surface area contributed by atoms with E-state index in [0.29, 0.717) is 0 Å². The summed E-state index contributed by atoms with van der Waals surface area (Å²) in [5.74, 6) is 0. The predicted octanol–water partition coefficient (Wildman–Crippen LogP) is 5.92. The summed E-state index contributed by atoms with van der Waals surface area (Å²) in [6.45, 7) is 0. The molecule has 0 aliphatic heterocycles. The van der Waals surface area contributed by atoms with Crippen molar-refractivity contribution in [2.75, 3.05) is 0 Å². The standard InChI is InChI=1S/2C6H10.C6H6/c3*1-2-4-6-5-3-1/h2*1-2H,3-6H2;1-6H. The van der Waals surface area contributed by atoms with Crippen molar-refractivity contribution in [3.63, 3.8) is 0 Å². The molecule has 0 fully saturated rings. The van der Waals surface area contributed by atoms with Gasteiger partial charge in [0.05, 0.1) is 0 Å². The summed E-state index contributed by atoms with van der Waals surface area (Å²) in [5.41, 5.74) is 0. The third-order valence-electron chi connectivity index (χ3n) is 2.98. The zero-order valence-corrected chi connectivity index (χ0v) is 11.4. The molecule has 0 amide bonds. The highest BCUT2D eigenvalue weighted by Crippen LogP contribution is 2.07. The first kappa shape index (κ1) is 14.8. The number of hydrogen-bond acceptors (Lipinski definition) is 0. The van der Waals surface area contributed by atoms with Gasteiger partial charge in [-0.25, -0.2) is 0 Å². The first-order valence-corrected chi connectivity index (χ1v) is 7.30. The van der Waals surface area contributed by atoms with E-state index in [1.54, 1.807) is 0 Å². The Hall–Kier alpha value is -1.30.